The number of carbonyl (C=O) groups excluding carboxylic acids is 1. The molecule has 53 heavy (non-hydrogen) atoms. The lowest BCUT2D eigenvalue weighted by Gasteiger charge is -2.24. The first-order chi connectivity index (χ1) is 25.8. The third-order valence-corrected chi connectivity index (χ3v) is 11.2. The minimum absolute atomic E-state index is 0.0515. The topological polar surface area (TPSA) is 151 Å². The number of unbranched alkanes of at least 4 members (excludes halogenated alkanes) is 28. The van der Waals surface area contributed by atoms with E-state index in [0.29, 0.717) is 6.42 Å². The van der Waals surface area contributed by atoms with Gasteiger partial charge in [-0.05, 0) is 19.3 Å². The van der Waals surface area contributed by atoms with E-state index >= 15 is 0 Å². The fraction of sp³-hybridized carbons (Fsp3) is 0.930. The zero-order valence-corrected chi connectivity index (χ0v) is 35.5. The maximum Gasteiger partial charge on any atom is 0.472 e. The van der Waals surface area contributed by atoms with E-state index in [1.807, 2.05) is 6.08 Å². The Morgan fingerprint density at radius 1 is 0.642 bits per heavy atom. The molecule has 0 aromatic carbocycles. The first-order valence-electron chi connectivity index (χ1n) is 22.4. The molecule has 9 nitrogen and oxygen atoms in total. The van der Waals surface area contributed by atoms with Crippen LogP contribution in [0.1, 0.15) is 219 Å². The Morgan fingerprint density at radius 3 is 1.45 bits per heavy atom. The summed E-state index contributed by atoms with van der Waals surface area (Å²) >= 11 is 0. The van der Waals surface area contributed by atoms with E-state index in [1.165, 1.54) is 154 Å². The van der Waals surface area contributed by atoms with Crippen molar-refractivity contribution in [2.24, 2.45) is 5.73 Å². The normalized spacial score (nSPS) is 14.8. The second kappa shape index (κ2) is 39.4. The van der Waals surface area contributed by atoms with Crippen LogP contribution >= 0.6 is 7.82 Å². The minimum Gasteiger partial charge on any atom is -0.393 e. The van der Waals surface area contributed by atoms with Crippen molar-refractivity contribution >= 4 is 13.7 Å². The molecule has 4 atom stereocenters. The Bertz CT molecular complexity index is 862. The van der Waals surface area contributed by atoms with Gasteiger partial charge in [0.25, 0.3) is 0 Å². The fourth-order valence-electron chi connectivity index (χ4n) is 6.77. The minimum atomic E-state index is -4.39. The Labute approximate surface area is 327 Å². The summed E-state index contributed by atoms with van der Waals surface area (Å²) in [5.41, 5.74) is 5.36. The highest BCUT2D eigenvalue weighted by molar-refractivity contribution is 7.47. The fourth-order valence-corrected chi connectivity index (χ4v) is 7.52. The van der Waals surface area contributed by atoms with Gasteiger partial charge in [0.15, 0.2) is 0 Å². The predicted molar refractivity (Wildman–Crippen MR) is 223 cm³/mol. The largest absolute Gasteiger partial charge is 0.472 e. The highest BCUT2D eigenvalue weighted by atomic mass is 31.2. The van der Waals surface area contributed by atoms with Gasteiger partial charge >= 0.3 is 7.82 Å². The lowest BCUT2D eigenvalue weighted by molar-refractivity contribution is -0.124. The summed E-state index contributed by atoms with van der Waals surface area (Å²) in [5.74, 6) is -0.442. The summed E-state index contributed by atoms with van der Waals surface area (Å²) in [6.45, 7) is 3.99. The number of nitrogens with one attached hydrogen (secondary N) is 1. The second-order valence-electron chi connectivity index (χ2n) is 15.5. The number of hydrogen-bond acceptors (Lipinski definition) is 7. The van der Waals surface area contributed by atoms with Crippen LogP contribution < -0.4 is 11.1 Å². The van der Waals surface area contributed by atoms with Crippen LogP contribution in [0.15, 0.2) is 12.2 Å². The molecule has 10 heteroatoms. The Kier molecular flexibility index (Phi) is 38.8. The number of rotatable bonds is 42. The number of nitrogens with two attached hydrogens (primary N) is 1. The molecule has 0 spiro atoms. The van der Waals surface area contributed by atoms with E-state index in [9.17, 15) is 24.5 Å². The second-order valence-corrected chi connectivity index (χ2v) is 16.9. The molecule has 0 saturated carbocycles. The van der Waals surface area contributed by atoms with Crippen molar-refractivity contribution < 1.29 is 33.5 Å². The molecule has 4 unspecified atom stereocenters. The number of aliphatic hydroxyl groups is 2. The third-order valence-electron chi connectivity index (χ3n) is 10.2. The molecular weight excluding hydrogens is 687 g/mol. The molecule has 0 heterocycles. The zero-order chi connectivity index (χ0) is 39.1. The molecule has 0 fully saturated rings. The summed E-state index contributed by atoms with van der Waals surface area (Å²) in [4.78, 5) is 22.8. The molecule has 0 bridgehead atoms. The van der Waals surface area contributed by atoms with Crippen LogP contribution in [0, 0.1) is 0 Å². The summed E-state index contributed by atoms with van der Waals surface area (Å²) in [5, 5.41) is 24.1. The molecule has 6 N–H and O–H groups in total. The molecular formula is C43H87N2O7P. The average molecular weight is 775 g/mol. The van der Waals surface area contributed by atoms with Crippen LogP contribution in [0.2, 0.25) is 0 Å². The van der Waals surface area contributed by atoms with E-state index in [2.05, 4.69) is 19.2 Å². The SMILES string of the molecule is CCCCCCCCCCCCCCCC/C=C/C(O)C(COP(=O)(O)OCCN)NC(=O)CC(O)CCCCCCCCCCCCCCCCC. The average Bonchev–Trinajstić information content (AvgIpc) is 3.13. The van der Waals surface area contributed by atoms with E-state index in [1.54, 1.807) is 6.08 Å². The van der Waals surface area contributed by atoms with Gasteiger partial charge in [-0.15, -0.1) is 0 Å². The van der Waals surface area contributed by atoms with Crippen molar-refractivity contribution in [3.8, 4) is 0 Å². The number of amides is 1. The molecule has 0 aromatic rings. The number of carbonyl (C=O) groups is 1. The molecule has 0 radical (unpaired) electrons. The first-order valence-corrected chi connectivity index (χ1v) is 23.9. The van der Waals surface area contributed by atoms with Gasteiger partial charge in [-0.3, -0.25) is 13.8 Å². The van der Waals surface area contributed by atoms with Crippen LogP contribution in [0.4, 0.5) is 0 Å². The van der Waals surface area contributed by atoms with Crippen LogP contribution in [0.25, 0.3) is 0 Å². The predicted octanol–water partition coefficient (Wildman–Crippen LogP) is 11.4. The summed E-state index contributed by atoms with van der Waals surface area (Å²) < 4.78 is 22.1. The number of allylic oxidation sites excluding steroid dienone is 1. The van der Waals surface area contributed by atoms with Crippen molar-refractivity contribution in [1.29, 1.82) is 0 Å². The van der Waals surface area contributed by atoms with Gasteiger partial charge < -0.3 is 26.2 Å². The van der Waals surface area contributed by atoms with Gasteiger partial charge in [-0.1, -0.05) is 206 Å². The number of hydrogen-bond donors (Lipinski definition) is 5. The molecule has 0 saturated heterocycles. The maximum atomic E-state index is 12.8. The van der Waals surface area contributed by atoms with Gasteiger partial charge in [-0.25, -0.2) is 4.57 Å². The van der Waals surface area contributed by atoms with Gasteiger partial charge in [-0.2, -0.15) is 0 Å². The van der Waals surface area contributed by atoms with E-state index in [-0.39, 0.29) is 19.6 Å². The molecule has 316 valence electrons. The van der Waals surface area contributed by atoms with E-state index in [4.69, 9.17) is 14.8 Å². The molecule has 0 aromatic heterocycles. The summed E-state index contributed by atoms with van der Waals surface area (Å²) in [6.07, 6.45) is 40.0. The van der Waals surface area contributed by atoms with Gasteiger partial charge in [0.1, 0.15) is 0 Å². The number of aliphatic hydroxyl groups excluding tert-OH is 2. The lowest BCUT2D eigenvalue weighted by Crippen LogP contribution is -2.46. The zero-order valence-electron chi connectivity index (χ0n) is 34.6. The van der Waals surface area contributed by atoms with Crippen LogP contribution in [0.5, 0.6) is 0 Å². The maximum absolute atomic E-state index is 12.8. The third kappa shape index (κ3) is 37.9. The van der Waals surface area contributed by atoms with Crippen LogP contribution in [0.3, 0.4) is 0 Å². The Hall–Kier alpha value is -0.800. The molecule has 0 aliphatic rings. The Morgan fingerprint density at radius 2 is 1.04 bits per heavy atom. The molecule has 0 aliphatic heterocycles. The van der Waals surface area contributed by atoms with Crippen LogP contribution in [-0.2, 0) is 18.4 Å². The standard InChI is InChI=1S/C43H87N2O7P/c1-3-5-7-9-11-13-15-17-19-21-23-25-27-29-31-33-35-42(47)41(39-52-53(49,50)51-37-36-44)45-43(48)38-40(46)34-32-30-28-26-24-22-20-18-16-14-12-10-8-6-4-2/h33,35,40-42,46-47H,3-32,34,36-39,44H2,1-2H3,(H,45,48)(H,49,50)/b35-33+. The van der Waals surface area contributed by atoms with Crippen molar-refractivity contribution in [3.63, 3.8) is 0 Å². The van der Waals surface area contributed by atoms with Crippen molar-refractivity contribution in [2.45, 2.75) is 238 Å². The van der Waals surface area contributed by atoms with Crippen molar-refractivity contribution in [3.05, 3.63) is 12.2 Å². The summed E-state index contributed by atoms with van der Waals surface area (Å²) in [7, 11) is -4.39. The molecule has 0 rings (SSSR count). The quantitative estimate of drug-likeness (QED) is 0.0233. The highest BCUT2D eigenvalue weighted by Crippen LogP contribution is 2.43. The monoisotopic (exact) mass is 775 g/mol. The van der Waals surface area contributed by atoms with E-state index in [0.717, 1.165) is 38.5 Å². The van der Waals surface area contributed by atoms with Gasteiger partial charge in [0.2, 0.25) is 5.91 Å². The summed E-state index contributed by atoms with van der Waals surface area (Å²) in [6, 6.07) is -0.977. The lowest BCUT2D eigenvalue weighted by atomic mass is 10.0. The van der Waals surface area contributed by atoms with E-state index < -0.39 is 38.6 Å². The number of phosphoric ester groups is 1. The van der Waals surface area contributed by atoms with Gasteiger partial charge in [0, 0.05) is 6.54 Å². The van der Waals surface area contributed by atoms with Crippen molar-refractivity contribution in [2.75, 3.05) is 19.8 Å². The van der Waals surface area contributed by atoms with Crippen molar-refractivity contribution in [1.82, 2.24) is 5.32 Å². The number of phosphoric acid groups is 1. The molecule has 1 amide bonds. The van der Waals surface area contributed by atoms with Crippen LogP contribution in [-0.4, -0.2) is 59.0 Å². The van der Waals surface area contributed by atoms with Gasteiger partial charge in [0.05, 0.1) is 37.9 Å². The molecule has 0 aliphatic carbocycles. The Balaban J connectivity index is 4.29. The smallest absolute Gasteiger partial charge is 0.393 e. The highest BCUT2D eigenvalue weighted by Gasteiger charge is 2.27. The first kappa shape index (κ1) is 52.2.